The highest BCUT2D eigenvalue weighted by molar-refractivity contribution is 6.12. The predicted molar refractivity (Wildman–Crippen MR) is 93.3 cm³/mol. The number of hydrogen-bond donors (Lipinski definition) is 2. The lowest BCUT2D eigenvalue weighted by Gasteiger charge is -2.40. The summed E-state index contributed by atoms with van der Waals surface area (Å²) in [4.78, 5) is 35.4. The molecule has 1 amide bonds. The quantitative estimate of drug-likeness (QED) is 0.632. The van der Waals surface area contributed by atoms with Crippen LogP contribution in [0.5, 0.6) is 0 Å². The van der Waals surface area contributed by atoms with Crippen LogP contribution in [0.3, 0.4) is 0 Å². The Balaban J connectivity index is 2.17. The number of aryl methyl sites for hydroxylation is 1. The van der Waals surface area contributed by atoms with Crippen LogP contribution in [-0.4, -0.2) is 35.0 Å². The van der Waals surface area contributed by atoms with E-state index in [0.717, 1.165) is 5.56 Å². The molecule has 2 rings (SSSR count). The Labute approximate surface area is 146 Å². The molecule has 0 unspecified atom stereocenters. The van der Waals surface area contributed by atoms with Crippen LogP contribution in [0.1, 0.15) is 32.8 Å². The maximum Gasteiger partial charge on any atom is 0.319 e. The molecule has 25 heavy (non-hydrogen) atoms. The highest BCUT2D eigenvalue weighted by Gasteiger charge is 2.53. The molecule has 1 aromatic rings. The number of rotatable bonds is 5. The molecular weight excluding hydrogens is 322 g/mol. The number of carboxylic acids is 1. The van der Waals surface area contributed by atoms with E-state index in [1.54, 1.807) is 13.0 Å². The Morgan fingerprint density at radius 3 is 2.68 bits per heavy atom. The number of ketones is 1. The number of nitrogens with one attached hydrogen (secondary N) is 1. The third kappa shape index (κ3) is 3.79. The van der Waals surface area contributed by atoms with Gasteiger partial charge in [0, 0.05) is 18.2 Å². The van der Waals surface area contributed by atoms with Crippen LogP contribution in [0.4, 0.5) is 5.69 Å². The summed E-state index contributed by atoms with van der Waals surface area (Å²) in [7, 11) is 0. The van der Waals surface area contributed by atoms with Crippen LogP contribution in [-0.2, 0) is 25.5 Å². The summed E-state index contributed by atoms with van der Waals surface area (Å²) in [6.45, 7) is 8.20. The van der Waals surface area contributed by atoms with Crippen molar-refractivity contribution in [1.82, 2.24) is 0 Å². The SMILES string of the molecule is C=C1C(=O)[C@](C)(C(=O)O)[C@H](CCc2cccc(NC(C)=O)c2)O[C@@H]1C. The van der Waals surface area contributed by atoms with E-state index in [1.165, 1.54) is 13.8 Å². The number of amides is 1. The highest BCUT2D eigenvalue weighted by Crippen LogP contribution is 2.38. The number of carboxylic acid groups (broad SMARTS) is 1. The van der Waals surface area contributed by atoms with Gasteiger partial charge in [0.15, 0.2) is 11.2 Å². The van der Waals surface area contributed by atoms with Crippen molar-refractivity contribution in [2.45, 2.75) is 45.8 Å². The Kier molecular flexibility index (Phi) is 5.42. The standard InChI is InChI=1S/C19H23NO5/c1-11-12(2)25-16(19(4,17(11)22)18(23)24)9-8-14-6-5-7-15(10-14)20-13(3)21/h5-7,10,12,16H,1,8-9H2,2-4H3,(H,20,21)(H,23,24)/t12-,16+,19-/m1/s1. The first-order valence-electron chi connectivity index (χ1n) is 8.15. The molecule has 1 heterocycles. The smallest absolute Gasteiger partial charge is 0.319 e. The van der Waals surface area contributed by atoms with E-state index >= 15 is 0 Å². The van der Waals surface area contributed by atoms with E-state index in [0.29, 0.717) is 18.5 Å². The van der Waals surface area contributed by atoms with Crippen molar-refractivity contribution < 1.29 is 24.2 Å². The molecule has 1 aliphatic rings. The summed E-state index contributed by atoms with van der Waals surface area (Å²) in [5.74, 6) is -1.84. The van der Waals surface area contributed by atoms with Gasteiger partial charge in [-0.15, -0.1) is 0 Å². The first-order valence-corrected chi connectivity index (χ1v) is 8.15. The van der Waals surface area contributed by atoms with E-state index in [1.807, 2.05) is 18.2 Å². The Hall–Kier alpha value is -2.47. The minimum absolute atomic E-state index is 0.163. The number of Topliss-reactive ketones (excluding diaryl/α,β-unsaturated/α-hetero) is 1. The van der Waals surface area contributed by atoms with Crippen molar-refractivity contribution in [2.24, 2.45) is 5.41 Å². The van der Waals surface area contributed by atoms with Gasteiger partial charge in [-0.1, -0.05) is 18.7 Å². The summed E-state index contributed by atoms with van der Waals surface area (Å²) in [6.07, 6.45) is -0.360. The van der Waals surface area contributed by atoms with Gasteiger partial charge in [0.2, 0.25) is 5.91 Å². The van der Waals surface area contributed by atoms with Gasteiger partial charge in [0.05, 0.1) is 12.2 Å². The van der Waals surface area contributed by atoms with Crippen molar-refractivity contribution in [3.63, 3.8) is 0 Å². The van der Waals surface area contributed by atoms with Crippen molar-refractivity contribution in [2.75, 3.05) is 5.32 Å². The van der Waals surface area contributed by atoms with Crippen LogP contribution < -0.4 is 5.32 Å². The molecule has 0 aliphatic carbocycles. The van der Waals surface area contributed by atoms with Crippen LogP contribution in [0.2, 0.25) is 0 Å². The van der Waals surface area contributed by atoms with Crippen molar-refractivity contribution >= 4 is 23.3 Å². The summed E-state index contributed by atoms with van der Waals surface area (Å²) in [6, 6.07) is 7.30. The topological polar surface area (TPSA) is 92.7 Å². The first-order chi connectivity index (χ1) is 11.7. The fourth-order valence-corrected chi connectivity index (χ4v) is 3.03. The van der Waals surface area contributed by atoms with E-state index < -0.39 is 29.4 Å². The second kappa shape index (κ2) is 7.19. The number of anilines is 1. The lowest BCUT2D eigenvalue weighted by molar-refractivity contribution is -0.172. The lowest BCUT2D eigenvalue weighted by Crippen LogP contribution is -2.54. The molecule has 0 bridgehead atoms. The third-order valence-corrected chi connectivity index (χ3v) is 4.65. The van der Waals surface area contributed by atoms with Crippen LogP contribution in [0, 0.1) is 5.41 Å². The maximum atomic E-state index is 12.5. The van der Waals surface area contributed by atoms with E-state index in [9.17, 15) is 19.5 Å². The van der Waals surface area contributed by atoms with Crippen molar-refractivity contribution in [1.29, 1.82) is 0 Å². The molecule has 3 atom stereocenters. The molecule has 0 aromatic heterocycles. The number of aliphatic carboxylic acids is 1. The van der Waals surface area contributed by atoms with E-state index in [4.69, 9.17) is 4.74 Å². The number of carbonyl (C=O) groups excluding carboxylic acids is 2. The average molecular weight is 345 g/mol. The predicted octanol–water partition coefficient (Wildman–Crippen LogP) is 2.58. The summed E-state index contributed by atoms with van der Waals surface area (Å²) >= 11 is 0. The van der Waals surface area contributed by atoms with Gasteiger partial charge in [-0.2, -0.15) is 0 Å². The van der Waals surface area contributed by atoms with Gasteiger partial charge in [-0.3, -0.25) is 14.4 Å². The molecule has 6 heteroatoms. The molecule has 1 saturated heterocycles. The summed E-state index contributed by atoms with van der Waals surface area (Å²) in [5.41, 5.74) is 0.146. The minimum atomic E-state index is -1.64. The maximum absolute atomic E-state index is 12.5. The van der Waals surface area contributed by atoms with Gasteiger partial charge >= 0.3 is 5.97 Å². The second-order valence-electron chi connectivity index (χ2n) is 6.55. The monoisotopic (exact) mass is 345 g/mol. The number of hydrogen-bond acceptors (Lipinski definition) is 4. The number of ether oxygens (including phenoxy) is 1. The molecule has 1 fully saturated rings. The largest absolute Gasteiger partial charge is 0.480 e. The molecule has 0 saturated carbocycles. The minimum Gasteiger partial charge on any atom is -0.480 e. The zero-order chi connectivity index (χ0) is 18.8. The van der Waals surface area contributed by atoms with Gasteiger partial charge in [0.25, 0.3) is 0 Å². The molecule has 1 aromatic carbocycles. The lowest BCUT2D eigenvalue weighted by atomic mass is 9.72. The third-order valence-electron chi connectivity index (χ3n) is 4.65. The van der Waals surface area contributed by atoms with Crippen LogP contribution in [0.25, 0.3) is 0 Å². The Bertz CT molecular complexity index is 726. The zero-order valence-electron chi connectivity index (χ0n) is 14.7. The molecule has 2 N–H and O–H groups in total. The molecule has 6 nitrogen and oxygen atoms in total. The van der Waals surface area contributed by atoms with Crippen molar-refractivity contribution in [3.05, 3.63) is 42.0 Å². The van der Waals surface area contributed by atoms with Crippen LogP contribution in [0.15, 0.2) is 36.4 Å². The normalized spacial score (nSPS) is 26.4. The number of carbonyl (C=O) groups is 3. The molecule has 134 valence electrons. The second-order valence-corrected chi connectivity index (χ2v) is 6.55. The van der Waals surface area contributed by atoms with Gasteiger partial charge < -0.3 is 15.2 Å². The highest BCUT2D eigenvalue weighted by atomic mass is 16.5. The Morgan fingerprint density at radius 2 is 2.08 bits per heavy atom. The van der Waals surface area contributed by atoms with Crippen LogP contribution >= 0.6 is 0 Å². The molecular formula is C19H23NO5. The molecule has 0 radical (unpaired) electrons. The fraction of sp³-hybridized carbons (Fsp3) is 0.421. The summed E-state index contributed by atoms with van der Waals surface area (Å²) < 4.78 is 5.79. The molecule has 1 aliphatic heterocycles. The van der Waals surface area contributed by atoms with Crippen molar-refractivity contribution in [3.8, 4) is 0 Å². The van der Waals surface area contributed by atoms with Gasteiger partial charge in [-0.05, 0) is 44.4 Å². The molecule has 0 spiro atoms. The Morgan fingerprint density at radius 1 is 1.40 bits per heavy atom. The average Bonchev–Trinajstić information content (AvgIpc) is 2.54. The van der Waals surface area contributed by atoms with Gasteiger partial charge in [0.1, 0.15) is 0 Å². The van der Waals surface area contributed by atoms with Gasteiger partial charge in [-0.25, -0.2) is 0 Å². The van der Waals surface area contributed by atoms with E-state index in [2.05, 4.69) is 11.9 Å². The summed E-state index contributed by atoms with van der Waals surface area (Å²) in [5, 5.41) is 12.3. The van der Waals surface area contributed by atoms with E-state index in [-0.39, 0.29) is 11.5 Å². The number of benzene rings is 1. The fourth-order valence-electron chi connectivity index (χ4n) is 3.03. The first kappa shape index (κ1) is 18.9. The zero-order valence-corrected chi connectivity index (χ0v) is 14.7.